The molecule has 26 heavy (non-hydrogen) atoms. The molecule has 0 aliphatic heterocycles. The number of halogens is 4. The highest BCUT2D eigenvalue weighted by Crippen LogP contribution is 2.44. The first-order valence-electron chi connectivity index (χ1n) is 8.95. The first-order chi connectivity index (χ1) is 11.9. The predicted molar refractivity (Wildman–Crippen MR) is 87.2 cm³/mol. The van der Waals surface area contributed by atoms with E-state index in [1.165, 1.54) is 0 Å². The molecule has 0 aromatic heterocycles. The van der Waals surface area contributed by atoms with E-state index in [-0.39, 0.29) is 38.5 Å². The third-order valence-electron chi connectivity index (χ3n) is 4.82. The summed E-state index contributed by atoms with van der Waals surface area (Å²) in [4.78, 5) is 24.3. The van der Waals surface area contributed by atoms with Crippen molar-refractivity contribution in [2.75, 3.05) is 6.67 Å². The maximum Gasteiger partial charge on any atom is 0.391 e. The van der Waals surface area contributed by atoms with Gasteiger partial charge in [-0.05, 0) is 65.2 Å². The summed E-state index contributed by atoms with van der Waals surface area (Å²) in [5.74, 6) is -6.12. The molecule has 0 saturated heterocycles. The van der Waals surface area contributed by atoms with E-state index in [4.69, 9.17) is 4.74 Å². The van der Waals surface area contributed by atoms with Crippen LogP contribution in [0, 0.1) is 23.7 Å². The highest BCUT2D eigenvalue weighted by Gasteiger charge is 2.47. The average Bonchev–Trinajstić information content (AvgIpc) is 2.48. The fourth-order valence-electron chi connectivity index (χ4n) is 3.61. The van der Waals surface area contributed by atoms with Crippen molar-refractivity contribution in [1.29, 1.82) is 0 Å². The minimum absolute atomic E-state index is 0.0197. The monoisotopic (exact) mass is 384 g/mol. The number of carbonyl (C=O) groups is 2. The molecule has 0 heterocycles. The number of aliphatic carboxylic acids is 1. The average molecular weight is 384 g/mol. The van der Waals surface area contributed by atoms with E-state index in [2.05, 4.69) is 0 Å². The minimum Gasteiger partial charge on any atom is -0.481 e. The molecule has 1 N–H and O–H groups in total. The van der Waals surface area contributed by atoms with E-state index >= 15 is 0 Å². The molecule has 0 amide bonds. The zero-order valence-corrected chi connectivity index (χ0v) is 15.4. The summed E-state index contributed by atoms with van der Waals surface area (Å²) >= 11 is 0. The van der Waals surface area contributed by atoms with Gasteiger partial charge >= 0.3 is 18.1 Å². The van der Waals surface area contributed by atoms with Crippen LogP contribution in [0.3, 0.4) is 0 Å². The Morgan fingerprint density at radius 2 is 1.65 bits per heavy atom. The molecule has 1 saturated carbocycles. The molecule has 2 atom stereocenters. The van der Waals surface area contributed by atoms with Crippen molar-refractivity contribution in [3.05, 3.63) is 0 Å². The largest absolute Gasteiger partial charge is 0.481 e. The summed E-state index contributed by atoms with van der Waals surface area (Å²) in [6, 6.07) is 0. The molecular weight excluding hydrogens is 356 g/mol. The van der Waals surface area contributed by atoms with Gasteiger partial charge in [-0.1, -0.05) is 0 Å². The van der Waals surface area contributed by atoms with Gasteiger partial charge in [-0.25, -0.2) is 0 Å². The van der Waals surface area contributed by atoms with Crippen molar-refractivity contribution in [3.8, 4) is 0 Å². The zero-order valence-electron chi connectivity index (χ0n) is 15.4. The highest BCUT2D eigenvalue weighted by molar-refractivity contribution is 5.81. The van der Waals surface area contributed by atoms with E-state index in [1.807, 2.05) is 0 Å². The van der Waals surface area contributed by atoms with E-state index in [1.54, 1.807) is 20.8 Å². The van der Waals surface area contributed by atoms with Gasteiger partial charge in [-0.3, -0.25) is 14.0 Å². The number of alkyl halides is 4. The second-order valence-electron chi connectivity index (χ2n) is 7.99. The van der Waals surface area contributed by atoms with Crippen LogP contribution in [0.25, 0.3) is 0 Å². The Hall–Kier alpha value is -1.34. The molecule has 1 unspecified atom stereocenters. The molecular formula is C18H28F4O4. The molecule has 8 heteroatoms. The maximum atomic E-state index is 12.9. The summed E-state index contributed by atoms with van der Waals surface area (Å²) in [6.45, 7) is 4.20. The fourth-order valence-corrected chi connectivity index (χ4v) is 3.61. The van der Waals surface area contributed by atoms with E-state index in [0.717, 1.165) is 0 Å². The normalized spacial score (nSPS) is 24.0. The van der Waals surface area contributed by atoms with Gasteiger partial charge in [-0.2, -0.15) is 13.2 Å². The lowest BCUT2D eigenvalue weighted by Gasteiger charge is -2.37. The Balaban J connectivity index is 3.00. The number of carbonyl (C=O) groups excluding carboxylic acids is 1. The molecule has 0 aromatic carbocycles. The third kappa shape index (κ3) is 6.76. The van der Waals surface area contributed by atoms with Gasteiger partial charge in [0.15, 0.2) is 0 Å². The summed E-state index contributed by atoms with van der Waals surface area (Å²) in [6.07, 6.45) is -4.41. The first-order valence-corrected chi connectivity index (χ1v) is 8.95. The molecule has 0 aromatic rings. The Bertz CT molecular complexity index is 477. The second kappa shape index (κ2) is 9.04. The number of carboxylic acids is 1. The van der Waals surface area contributed by atoms with Crippen LogP contribution < -0.4 is 0 Å². The maximum absolute atomic E-state index is 12.9. The summed E-state index contributed by atoms with van der Waals surface area (Å²) in [5, 5.41) is 9.52. The minimum atomic E-state index is -4.28. The van der Waals surface area contributed by atoms with E-state index < -0.39 is 54.1 Å². The molecule has 152 valence electrons. The van der Waals surface area contributed by atoms with E-state index in [0.29, 0.717) is 0 Å². The number of hydrogen-bond acceptors (Lipinski definition) is 3. The van der Waals surface area contributed by atoms with Crippen LogP contribution in [0.2, 0.25) is 0 Å². The van der Waals surface area contributed by atoms with Crippen LogP contribution in [-0.4, -0.2) is 35.5 Å². The number of ether oxygens (including phenoxy) is 1. The van der Waals surface area contributed by atoms with Crippen molar-refractivity contribution in [1.82, 2.24) is 0 Å². The summed E-state index contributed by atoms with van der Waals surface area (Å²) in [5.41, 5.74) is -0.846. The molecule has 0 radical (unpaired) electrons. The second-order valence-corrected chi connectivity index (χ2v) is 7.99. The Labute approximate surface area is 151 Å². The van der Waals surface area contributed by atoms with Gasteiger partial charge in [0, 0.05) is 0 Å². The first kappa shape index (κ1) is 22.7. The molecule has 1 rings (SSSR count). The fraction of sp³-hybridized carbons (Fsp3) is 0.889. The highest BCUT2D eigenvalue weighted by atomic mass is 19.4. The van der Waals surface area contributed by atoms with Crippen LogP contribution in [0.5, 0.6) is 0 Å². The van der Waals surface area contributed by atoms with Gasteiger partial charge < -0.3 is 9.84 Å². The number of hydrogen-bond donors (Lipinski definition) is 1. The number of rotatable bonds is 7. The van der Waals surface area contributed by atoms with Gasteiger partial charge in [-0.15, -0.1) is 0 Å². The molecule has 0 spiro atoms. The van der Waals surface area contributed by atoms with Crippen molar-refractivity contribution in [3.63, 3.8) is 0 Å². The van der Waals surface area contributed by atoms with Crippen molar-refractivity contribution in [2.24, 2.45) is 23.7 Å². The van der Waals surface area contributed by atoms with Gasteiger partial charge in [0.2, 0.25) is 0 Å². The van der Waals surface area contributed by atoms with Gasteiger partial charge in [0.05, 0.1) is 24.4 Å². The van der Waals surface area contributed by atoms with Crippen molar-refractivity contribution < 1.29 is 37.0 Å². The Morgan fingerprint density at radius 3 is 2.04 bits per heavy atom. The molecule has 1 fully saturated rings. The Kier molecular flexibility index (Phi) is 7.89. The van der Waals surface area contributed by atoms with Crippen LogP contribution >= 0.6 is 0 Å². The smallest absolute Gasteiger partial charge is 0.391 e. The van der Waals surface area contributed by atoms with Crippen LogP contribution in [-0.2, 0) is 14.3 Å². The standard InChI is InChI=1S/C18H28F4O4/c1-17(2,3)26-16(25)14(13(15(23)24)5-4-10-19)11-6-8-12(9-7-11)18(20,21)22/h11-14H,4-10H2,1-3H3,(H,23,24)/t11?,12?,13-,14?/m1/s1. The molecule has 1 aliphatic carbocycles. The molecule has 1 aliphatic rings. The quantitative estimate of drug-likeness (QED) is 0.508. The summed E-state index contributed by atoms with van der Waals surface area (Å²) in [7, 11) is 0. The van der Waals surface area contributed by atoms with Crippen molar-refractivity contribution >= 4 is 11.9 Å². The van der Waals surface area contributed by atoms with Crippen LogP contribution in [0.15, 0.2) is 0 Å². The zero-order chi connectivity index (χ0) is 20.1. The predicted octanol–water partition coefficient (Wildman–Crippen LogP) is 4.76. The van der Waals surface area contributed by atoms with Crippen molar-refractivity contribution in [2.45, 2.75) is 71.1 Å². The van der Waals surface area contributed by atoms with Gasteiger partial charge in [0.1, 0.15) is 5.60 Å². The molecule has 0 bridgehead atoms. The number of carboxylic acid groups (broad SMARTS) is 1. The lowest BCUT2D eigenvalue weighted by atomic mass is 9.70. The number of esters is 1. The topological polar surface area (TPSA) is 63.6 Å². The Morgan fingerprint density at radius 1 is 1.12 bits per heavy atom. The SMILES string of the molecule is CC(C)(C)OC(=O)C(C1CCC(C(F)(F)F)CC1)[C@@H](CCCF)C(=O)O. The lowest BCUT2D eigenvalue weighted by Crippen LogP contribution is -2.42. The van der Waals surface area contributed by atoms with E-state index in [9.17, 15) is 32.3 Å². The molecule has 4 nitrogen and oxygen atoms in total. The van der Waals surface area contributed by atoms with Crippen LogP contribution in [0.1, 0.15) is 59.3 Å². The third-order valence-corrected chi connectivity index (χ3v) is 4.82. The lowest BCUT2D eigenvalue weighted by molar-refractivity contribution is -0.188. The van der Waals surface area contributed by atoms with Crippen LogP contribution in [0.4, 0.5) is 17.6 Å². The van der Waals surface area contributed by atoms with Gasteiger partial charge in [0.25, 0.3) is 0 Å². The summed E-state index contributed by atoms with van der Waals surface area (Å²) < 4.78 is 56.5.